The molecule has 0 aromatic carbocycles. The van der Waals surface area contributed by atoms with Crippen LogP contribution in [-0.4, -0.2) is 29.5 Å². The Labute approximate surface area is 123 Å². The van der Waals surface area contributed by atoms with Crippen molar-refractivity contribution in [3.05, 3.63) is 0 Å². The van der Waals surface area contributed by atoms with Crippen molar-refractivity contribution in [2.75, 3.05) is 6.54 Å². The van der Waals surface area contributed by atoms with Gasteiger partial charge in [-0.3, -0.25) is 9.59 Å². The molecular formula is C15H23F2NO3. The molecule has 2 aliphatic carbocycles. The van der Waals surface area contributed by atoms with Gasteiger partial charge < -0.3 is 10.4 Å². The Morgan fingerprint density at radius 1 is 1.00 bits per heavy atom. The zero-order valence-corrected chi connectivity index (χ0v) is 12.1. The Kier molecular flexibility index (Phi) is 5.17. The van der Waals surface area contributed by atoms with Crippen LogP contribution in [0.2, 0.25) is 0 Å². The maximum Gasteiger partial charge on any atom is 0.306 e. The SMILES string of the molecule is O=C(O)C1CCC(CNC(=O)C2CCC(F)(F)CC2)CC1. The summed E-state index contributed by atoms with van der Waals surface area (Å²) in [4.78, 5) is 22.8. The first-order valence-corrected chi connectivity index (χ1v) is 7.76. The smallest absolute Gasteiger partial charge is 0.306 e. The van der Waals surface area contributed by atoms with E-state index in [1.807, 2.05) is 0 Å². The molecule has 0 saturated heterocycles. The van der Waals surface area contributed by atoms with Crippen LogP contribution >= 0.6 is 0 Å². The molecule has 0 heterocycles. The molecule has 2 rings (SSSR count). The van der Waals surface area contributed by atoms with Crippen molar-refractivity contribution in [1.29, 1.82) is 0 Å². The maximum absolute atomic E-state index is 13.0. The predicted molar refractivity (Wildman–Crippen MR) is 73.0 cm³/mol. The molecule has 6 heteroatoms. The van der Waals surface area contributed by atoms with Crippen molar-refractivity contribution in [1.82, 2.24) is 5.32 Å². The lowest BCUT2D eigenvalue weighted by molar-refractivity contribution is -0.143. The van der Waals surface area contributed by atoms with Crippen molar-refractivity contribution in [2.24, 2.45) is 17.8 Å². The number of aliphatic carboxylic acids is 1. The fourth-order valence-electron chi connectivity index (χ4n) is 3.31. The lowest BCUT2D eigenvalue weighted by atomic mass is 9.81. The van der Waals surface area contributed by atoms with Gasteiger partial charge in [-0.25, -0.2) is 8.78 Å². The molecule has 0 aromatic heterocycles. The van der Waals surface area contributed by atoms with Gasteiger partial charge in [-0.15, -0.1) is 0 Å². The highest BCUT2D eigenvalue weighted by atomic mass is 19.3. The third kappa shape index (κ3) is 4.64. The summed E-state index contributed by atoms with van der Waals surface area (Å²) in [6, 6.07) is 0. The van der Waals surface area contributed by atoms with Gasteiger partial charge in [-0.1, -0.05) is 0 Å². The first-order chi connectivity index (χ1) is 9.87. The number of alkyl halides is 2. The number of hydrogen-bond donors (Lipinski definition) is 2. The first kappa shape index (κ1) is 16.2. The van der Waals surface area contributed by atoms with Gasteiger partial charge in [0.2, 0.25) is 11.8 Å². The number of carboxylic acids is 1. The van der Waals surface area contributed by atoms with Gasteiger partial charge in [0.25, 0.3) is 0 Å². The molecule has 0 atom stereocenters. The van der Waals surface area contributed by atoms with Crippen molar-refractivity contribution in [2.45, 2.75) is 57.3 Å². The summed E-state index contributed by atoms with van der Waals surface area (Å²) in [7, 11) is 0. The Hall–Kier alpha value is -1.20. The van der Waals surface area contributed by atoms with E-state index in [-0.39, 0.29) is 43.4 Å². The molecule has 1 amide bonds. The molecule has 0 bridgehead atoms. The first-order valence-electron chi connectivity index (χ1n) is 7.76. The Morgan fingerprint density at radius 3 is 2.10 bits per heavy atom. The van der Waals surface area contributed by atoms with E-state index < -0.39 is 11.9 Å². The van der Waals surface area contributed by atoms with Crippen molar-refractivity contribution in [3.63, 3.8) is 0 Å². The van der Waals surface area contributed by atoms with Gasteiger partial charge >= 0.3 is 5.97 Å². The fraction of sp³-hybridized carbons (Fsp3) is 0.867. The molecule has 0 aliphatic heterocycles. The average Bonchev–Trinajstić information content (AvgIpc) is 2.45. The standard InChI is InChI=1S/C15H23F2NO3/c16-15(17)7-5-11(6-8-15)13(19)18-9-10-1-3-12(4-2-10)14(20)21/h10-12H,1-9H2,(H,18,19)(H,20,21). The van der Waals surface area contributed by atoms with Gasteiger partial charge in [-0.2, -0.15) is 0 Å². The molecule has 0 radical (unpaired) electrons. The number of nitrogens with one attached hydrogen (secondary N) is 1. The second kappa shape index (κ2) is 6.71. The highest BCUT2D eigenvalue weighted by Gasteiger charge is 2.37. The lowest BCUT2D eigenvalue weighted by Gasteiger charge is -2.29. The van der Waals surface area contributed by atoms with E-state index in [9.17, 15) is 18.4 Å². The summed E-state index contributed by atoms with van der Waals surface area (Å²) < 4.78 is 26.1. The van der Waals surface area contributed by atoms with E-state index in [4.69, 9.17) is 5.11 Å². The van der Waals surface area contributed by atoms with E-state index in [1.165, 1.54) is 0 Å². The monoisotopic (exact) mass is 303 g/mol. The quantitative estimate of drug-likeness (QED) is 0.839. The zero-order valence-electron chi connectivity index (χ0n) is 12.1. The van der Waals surface area contributed by atoms with Crippen molar-refractivity contribution < 1.29 is 23.5 Å². The molecule has 2 fully saturated rings. The van der Waals surface area contributed by atoms with Crippen molar-refractivity contribution >= 4 is 11.9 Å². The zero-order chi connectivity index (χ0) is 15.5. The summed E-state index contributed by atoms with van der Waals surface area (Å²) in [5.41, 5.74) is 0. The number of amides is 1. The van der Waals surface area contributed by atoms with E-state index in [2.05, 4.69) is 5.32 Å². The average molecular weight is 303 g/mol. The molecule has 0 aromatic rings. The minimum Gasteiger partial charge on any atom is -0.481 e. The summed E-state index contributed by atoms with van der Waals surface area (Å²) in [5, 5.41) is 11.8. The molecular weight excluding hydrogens is 280 g/mol. The number of carbonyl (C=O) groups is 2. The normalized spacial score (nSPS) is 29.8. The number of carboxylic acid groups (broad SMARTS) is 1. The molecule has 2 aliphatic rings. The minimum absolute atomic E-state index is 0.120. The van der Waals surface area contributed by atoms with E-state index in [1.54, 1.807) is 0 Å². The fourth-order valence-corrected chi connectivity index (χ4v) is 3.31. The van der Waals surface area contributed by atoms with Gasteiger partial charge in [0, 0.05) is 25.3 Å². The molecule has 120 valence electrons. The number of carbonyl (C=O) groups excluding carboxylic acids is 1. The number of rotatable bonds is 4. The third-order valence-electron chi connectivity index (χ3n) is 4.85. The predicted octanol–water partition coefficient (Wildman–Crippen LogP) is 2.82. The lowest BCUT2D eigenvalue weighted by Crippen LogP contribution is -2.38. The van der Waals surface area contributed by atoms with E-state index >= 15 is 0 Å². The summed E-state index contributed by atoms with van der Waals surface area (Å²) in [6.07, 6.45) is 3.04. The van der Waals surface area contributed by atoms with Crippen LogP contribution in [0.25, 0.3) is 0 Å². The maximum atomic E-state index is 13.0. The van der Waals surface area contributed by atoms with Crippen LogP contribution in [0, 0.1) is 17.8 Å². The highest BCUT2D eigenvalue weighted by Crippen LogP contribution is 2.36. The van der Waals surface area contributed by atoms with Crippen LogP contribution in [0.4, 0.5) is 8.78 Å². The number of hydrogen-bond acceptors (Lipinski definition) is 2. The molecule has 4 nitrogen and oxygen atoms in total. The van der Waals surface area contributed by atoms with E-state index in [0.29, 0.717) is 25.3 Å². The largest absolute Gasteiger partial charge is 0.481 e. The van der Waals surface area contributed by atoms with Gasteiger partial charge in [0.1, 0.15) is 0 Å². The molecule has 2 saturated carbocycles. The molecule has 0 unspecified atom stereocenters. The third-order valence-corrected chi connectivity index (χ3v) is 4.85. The summed E-state index contributed by atoms with van der Waals surface area (Å²) in [5.74, 6) is -3.69. The van der Waals surface area contributed by atoms with Crippen LogP contribution in [0.3, 0.4) is 0 Å². The second-order valence-corrected chi connectivity index (χ2v) is 6.43. The van der Waals surface area contributed by atoms with Crippen LogP contribution < -0.4 is 5.32 Å². The number of halogens is 2. The summed E-state index contributed by atoms with van der Waals surface area (Å²) in [6.45, 7) is 0.540. The van der Waals surface area contributed by atoms with Crippen LogP contribution in [-0.2, 0) is 9.59 Å². The van der Waals surface area contributed by atoms with Crippen LogP contribution in [0.15, 0.2) is 0 Å². The second-order valence-electron chi connectivity index (χ2n) is 6.43. The van der Waals surface area contributed by atoms with Gasteiger partial charge in [-0.05, 0) is 44.4 Å². The Bertz CT molecular complexity index is 382. The Morgan fingerprint density at radius 2 is 1.57 bits per heavy atom. The molecule has 21 heavy (non-hydrogen) atoms. The van der Waals surface area contributed by atoms with Crippen molar-refractivity contribution in [3.8, 4) is 0 Å². The van der Waals surface area contributed by atoms with Gasteiger partial charge in [0.05, 0.1) is 5.92 Å². The molecule has 2 N–H and O–H groups in total. The minimum atomic E-state index is -2.61. The van der Waals surface area contributed by atoms with Crippen LogP contribution in [0.1, 0.15) is 51.4 Å². The molecule has 0 spiro atoms. The van der Waals surface area contributed by atoms with Crippen LogP contribution in [0.5, 0.6) is 0 Å². The van der Waals surface area contributed by atoms with Gasteiger partial charge in [0.15, 0.2) is 0 Å². The van der Waals surface area contributed by atoms with E-state index in [0.717, 1.165) is 12.8 Å². The Balaban J connectivity index is 1.67. The topological polar surface area (TPSA) is 66.4 Å². The summed E-state index contributed by atoms with van der Waals surface area (Å²) >= 11 is 0. The highest BCUT2D eigenvalue weighted by molar-refractivity contribution is 5.78.